The van der Waals surface area contributed by atoms with Gasteiger partial charge in [0.05, 0.1) is 31.8 Å². The molecule has 34 heavy (non-hydrogen) atoms. The third kappa shape index (κ3) is 3.83. The van der Waals surface area contributed by atoms with Crippen molar-refractivity contribution in [3.8, 4) is 11.5 Å². The molecule has 1 amide bonds. The van der Waals surface area contributed by atoms with Gasteiger partial charge in [0.2, 0.25) is 0 Å². The number of rotatable bonds is 5. The zero-order valence-electron chi connectivity index (χ0n) is 18.9. The highest BCUT2D eigenvalue weighted by Gasteiger charge is 2.52. The van der Waals surface area contributed by atoms with Crippen molar-refractivity contribution in [2.75, 3.05) is 14.2 Å². The molecule has 4 atom stereocenters. The topological polar surface area (TPSA) is 65.1 Å². The minimum absolute atomic E-state index is 0.0635. The monoisotopic (exact) mass is 501 g/mol. The summed E-state index contributed by atoms with van der Waals surface area (Å²) >= 11 is 12.8. The lowest BCUT2D eigenvalue weighted by Crippen LogP contribution is -2.41. The largest absolute Gasteiger partial charge is 0.493 e. The molecule has 2 aromatic rings. The number of carbonyl (C=O) groups is 2. The number of benzene rings is 2. The van der Waals surface area contributed by atoms with Crippen LogP contribution >= 0.6 is 23.2 Å². The lowest BCUT2D eigenvalue weighted by Gasteiger charge is -2.37. The number of amides is 1. The molecular weight excluding hydrogens is 477 g/mol. The first-order chi connectivity index (χ1) is 16.4. The van der Waals surface area contributed by atoms with Crippen LogP contribution in [-0.2, 0) is 20.9 Å². The van der Waals surface area contributed by atoms with Crippen LogP contribution in [0, 0.1) is 5.92 Å². The summed E-state index contributed by atoms with van der Waals surface area (Å²) in [7, 11) is 3.11. The van der Waals surface area contributed by atoms with Crippen molar-refractivity contribution in [3.63, 3.8) is 0 Å². The van der Waals surface area contributed by atoms with Gasteiger partial charge in [-0.2, -0.15) is 0 Å². The highest BCUT2D eigenvalue weighted by Crippen LogP contribution is 2.48. The Morgan fingerprint density at radius 1 is 1.06 bits per heavy atom. The normalized spacial score (nSPS) is 26.2. The average Bonchev–Trinajstić information content (AvgIpc) is 3.12. The molecular formula is C26H25Cl2NO5. The lowest BCUT2D eigenvalue weighted by atomic mass is 9.77. The zero-order valence-corrected chi connectivity index (χ0v) is 20.4. The SMILES string of the molecule is COc1ccc(C2C3=C(OC4CCC(Cl)CC4C3=O)C(=O)N2Cc2ccccc2Cl)cc1OC. The highest BCUT2D eigenvalue weighted by atomic mass is 35.5. The van der Waals surface area contributed by atoms with E-state index >= 15 is 0 Å². The molecule has 0 aromatic heterocycles. The predicted octanol–water partition coefficient (Wildman–Crippen LogP) is 5.07. The number of nitrogens with zero attached hydrogens (tertiary/aromatic N) is 1. The van der Waals surface area contributed by atoms with E-state index in [9.17, 15) is 9.59 Å². The number of Topliss-reactive ketones (excluding diaryl/α,β-unsaturated/α-hetero) is 1. The molecule has 0 radical (unpaired) electrons. The zero-order chi connectivity index (χ0) is 24.0. The Balaban J connectivity index is 1.61. The van der Waals surface area contributed by atoms with Crippen LogP contribution in [0.25, 0.3) is 0 Å². The Bertz CT molecular complexity index is 1180. The highest BCUT2D eigenvalue weighted by molar-refractivity contribution is 6.31. The van der Waals surface area contributed by atoms with E-state index in [1.165, 1.54) is 0 Å². The first-order valence-electron chi connectivity index (χ1n) is 11.3. The van der Waals surface area contributed by atoms with Crippen LogP contribution in [0.15, 0.2) is 53.8 Å². The Hall–Kier alpha value is -2.70. The van der Waals surface area contributed by atoms with Crippen molar-refractivity contribution in [3.05, 3.63) is 69.9 Å². The van der Waals surface area contributed by atoms with Gasteiger partial charge in [-0.25, -0.2) is 0 Å². The second kappa shape index (κ2) is 9.16. The number of methoxy groups -OCH3 is 2. The van der Waals surface area contributed by atoms with E-state index in [1.54, 1.807) is 37.3 Å². The van der Waals surface area contributed by atoms with Crippen LogP contribution in [0.4, 0.5) is 0 Å². The van der Waals surface area contributed by atoms with Gasteiger partial charge in [-0.3, -0.25) is 9.59 Å². The maximum atomic E-state index is 13.8. The molecule has 0 N–H and O–H groups in total. The molecule has 0 bridgehead atoms. The number of halogens is 2. The molecule has 5 rings (SSSR count). The van der Waals surface area contributed by atoms with Gasteiger partial charge < -0.3 is 19.1 Å². The number of hydrogen-bond donors (Lipinski definition) is 0. The minimum Gasteiger partial charge on any atom is -0.493 e. The van der Waals surface area contributed by atoms with Gasteiger partial charge in [0, 0.05) is 16.9 Å². The molecule has 6 nitrogen and oxygen atoms in total. The number of ether oxygens (including phenoxy) is 3. The van der Waals surface area contributed by atoms with Crippen LogP contribution in [-0.4, -0.2) is 42.3 Å². The smallest absolute Gasteiger partial charge is 0.290 e. The van der Waals surface area contributed by atoms with Crippen molar-refractivity contribution >= 4 is 34.9 Å². The average molecular weight is 502 g/mol. The Morgan fingerprint density at radius 3 is 2.56 bits per heavy atom. The summed E-state index contributed by atoms with van der Waals surface area (Å²) in [5, 5.41) is 0.476. The Kier molecular flexibility index (Phi) is 6.21. The van der Waals surface area contributed by atoms with E-state index in [4.69, 9.17) is 37.4 Å². The van der Waals surface area contributed by atoms with E-state index in [0.717, 1.165) is 17.5 Å². The fraction of sp³-hybridized carbons (Fsp3) is 0.385. The van der Waals surface area contributed by atoms with Crippen LogP contribution in [0.1, 0.15) is 36.4 Å². The number of alkyl halides is 1. The third-order valence-corrected chi connectivity index (χ3v) is 7.67. The van der Waals surface area contributed by atoms with Crippen molar-refractivity contribution in [1.82, 2.24) is 4.90 Å². The molecule has 4 unspecified atom stereocenters. The third-order valence-electron chi connectivity index (χ3n) is 6.90. The van der Waals surface area contributed by atoms with Crippen molar-refractivity contribution in [1.29, 1.82) is 0 Å². The number of hydrogen-bond acceptors (Lipinski definition) is 5. The second-order valence-electron chi connectivity index (χ2n) is 8.82. The maximum Gasteiger partial charge on any atom is 0.290 e. The molecule has 1 aliphatic carbocycles. The van der Waals surface area contributed by atoms with E-state index in [-0.39, 0.29) is 41.4 Å². The van der Waals surface area contributed by atoms with Gasteiger partial charge in [0.15, 0.2) is 23.0 Å². The van der Waals surface area contributed by atoms with Gasteiger partial charge in [-0.05, 0) is 48.6 Å². The summed E-state index contributed by atoms with van der Waals surface area (Å²) in [5.74, 6) is 0.489. The van der Waals surface area contributed by atoms with Crippen LogP contribution in [0.3, 0.4) is 0 Å². The van der Waals surface area contributed by atoms with Gasteiger partial charge in [0.25, 0.3) is 5.91 Å². The summed E-state index contributed by atoms with van der Waals surface area (Å²) in [6, 6.07) is 12.2. The fourth-order valence-corrected chi connectivity index (χ4v) is 5.72. The summed E-state index contributed by atoms with van der Waals surface area (Å²) in [6.45, 7) is 0.231. The Labute approximate surface area is 208 Å². The first kappa shape index (κ1) is 23.1. The van der Waals surface area contributed by atoms with Crippen LogP contribution in [0.2, 0.25) is 5.02 Å². The van der Waals surface area contributed by atoms with E-state index in [2.05, 4.69) is 0 Å². The van der Waals surface area contributed by atoms with Gasteiger partial charge >= 0.3 is 0 Å². The molecule has 178 valence electrons. The number of ketones is 1. The summed E-state index contributed by atoms with van der Waals surface area (Å²) < 4.78 is 17.1. The molecule has 1 fully saturated rings. The lowest BCUT2D eigenvalue weighted by molar-refractivity contribution is -0.135. The van der Waals surface area contributed by atoms with E-state index < -0.39 is 6.04 Å². The van der Waals surface area contributed by atoms with Crippen LogP contribution in [0.5, 0.6) is 11.5 Å². The molecule has 1 saturated carbocycles. The quantitative estimate of drug-likeness (QED) is 0.535. The van der Waals surface area contributed by atoms with Gasteiger partial charge in [0.1, 0.15) is 6.10 Å². The fourth-order valence-electron chi connectivity index (χ4n) is 5.21. The van der Waals surface area contributed by atoms with Gasteiger partial charge in [-0.15, -0.1) is 11.6 Å². The molecule has 2 aromatic carbocycles. The summed E-state index contributed by atoms with van der Waals surface area (Å²) in [5.41, 5.74) is 1.90. The van der Waals surface area contributed by atoms with Crippen molar-refractivity contribution < 1.29 is 23.8 Å². The van der Waals surface area contributed by atoms with Crippen molar-refractivity contribution in [2.45, 2.75) is 43.3 Å². The van der Waals surface area contributed by atoms with Crippen LogP contribution < -0.4 is 9.47 Å². The molecule has 3 aliphatic rings. The summed E-state index contributed by atoms with van der Waals surface area (Å²) in [4.78, 5) is 29.1. The standard InChI is InChI=1S/C26H25Cl2NO5/c1-32-20-9-7-14(11-21(20)33-2)23-22-24(30)17-12-16(27)8-10-19(17)34-25(22)26(31)29(23)13-15-5-3-4-6-18(15)28/h3-7,9,11,16-17,19,23H,8,10,12-13H2,1-2H3. The van der Waals surface area contributed by atoms with Gasteiger partial charge in [-0.1, -0.05) is 35.9 Å². The minimum atomic E-state index is -0.636. The summed E-state index contributed by atoms with van der Waals surface area (Å²) in [6.07, 6.45) is 1.63. The first-order valence-corrected chi connectivity index (χ1v) is 12.1. The molecule has 2 aliphatic heterocycles. The number of carbonyl (C=O) groups excluding carboxylic acids is 2. The van der Waals surface area contributed by atoms with E-state index in [0.29, 0.717) is 34.9 Å². The number of fused-ring (bicyclic) bond motifs is 1. The molecule has 2 heterocycles. The van der Waals surface area contributed by atoms with E-state index in [1.807, 2.05) is 24.3 Å². The predicted molar refractivity (Wildman–Crippen MR) is 128 cm³/mol. The van der Waals surface area contributed by atoms with Crippen molar-refractivity contribution in [2.24, 2.45) is 5.92 Å². The molecule has 0 saturated heterocycles. The maximum absolute atomic E-state index is 13.8. The molecule has 0 spiro atoms. The molecule has 8 heteroatoms. The Morgan fingerprint density at radius 2 is 1.82 bits per heavy atom. The second-order valence-corrected chi connectivity index (χ2v) is 9.85.